The lowest BCUT2D eigenvalue weighted by molar-refractivity contribution is 0.121. The van der Waals surface area contributed by atoms with Gasteiger partial charge in [0.25, 0.3) is 10.0 Å². The van der Waals surface area contributed by atoms with Crippen LogP contribution >= 0.6 is 0 Å². The highest BCUT2D eigenvalue weighted by Crippen LogP contribution is 2.28. The summed E-state index contributed by atoms with van der Waals surface area (Å²) in [6.45, 7) is 5.41. The molecule has 2 rings (SSSR count). The highest BCUT2D eigenvalue weighted by Gasteiger charge is 2.20. The first-order valence-corrected chi connectivity index (χ1v) is 11.1. The van der Waals surface area contributed by atoms with Crippen molar-refractivity contribution in [2.24, 2.45) is 0 Å². The zero-order valence-corrected chi connectivity index (χ0v) is 18.0. The minimum atomic E-state index is -3.96. The topological polar surface area (TPSA) is 89.6 Å². The van der Waals surface area contributed by atoms with Crippen molar-refractivity contribution in [2.75, 3.05) is 31.5 Å². The first-order chi connectivity index (χ1) is 14.3. The Hall–Kier alpha value is -2.46. The number of anilines is 1. The van der Waals surface area contributed by atoms with Crippen molar-refractivity contribution < 1.29 is 26.7 Å². The van der Waals surface area contributed by atoms with Gasteiger partial charge in [-0.2, -0.15) is 4.98 Å². The van der Waals surface area contributed by atoms with E-state index >= 15 is 0 Å². The Kier molecular flexibility index (Phi) is 8.79. The van der Waals surface area contributed by atoms with Crippen molar-refractivity contribution in [3.8, 4) is 11.8 Å². The van der Waals surface area contributed by atoms with Gasteiger partial charge in [0.2, 0.25) is 18.2 Å². The second-order valence-electron chi connectivity index (χ2n) is 6.60. The average Bonchev–Trinajstić information content (AvgIpc) is 2.73. The van der Waals surface area contributed by atoms with Crippen molar-refractivity contribution in [1.82, 2.24) is 10.3 Å². The van der Waals surface area contributed by atoms with Crippen LogP contribution in [0.15, 0.2) is 41.3 Å². The third-order valence-electron chi connectivity index (χ3n) is 4.32. The Bertz CT molecular complexity index is 909. The van der Waals surface area contributed by atoms with E-state index in [1.165, 1.54) is 50.4 Å². The minimum absolute atomic E-state index is 0.0561. The Morgan fingerprint density at radius 1 is 1.10 bits per heavy atom. The molecule has 166 valence electrons. The molecule has 30 heavy (non-hydrogen) atoms. The zero-order chi connectivity index (χ0) is 22.1. The van der Waals surface area contributed by atoms with Crippen LogP contribution in [-0.4, -0.2) is 46.6 Å². The normalized spacial score (nSPS) is 12.6. The van der Waals surface area contributed by atoms with Crippen LogP contribution in [0, 0.1) is 0 Å². The number of ether oxygens (including phenoxy) is 2. The zero-order valence-electron chi connectivity index (χ0n) is 17.2. The van der Waals surface area contributed by atoms with Crippen LogP contribution in [0.5, 0.6) is 11.8 Å². The van der Waals surface area contributed by atoms with E-state index in [1.54, 1.807) is 0 Å². The molecule has 0 saturated carbocycles. The number of hydrogen-bond donors (Lipinski definition) is 2. The summed E-state index contributed by atoms with van der Waals surface area (Å²) in [5, 5.41) is 3.19. The van der Waals surface area contributed by atoms with Gasteiger partial charge in [-0.05, 0) is 36.7 Å². The minimum Gasteiger partial charge on any atom is -0.479 e. The summed E-state index contributed by atoms with van der Waals surface area (Å²) in [4.78, 5) is 4.10. The predicted octanol–water partition coefficient (Wildman–Crippen LogP) is 3.64. The number of halogens is 2. The first kappa shape index (κ1) is 23.8. The molecule has 2 aromatic rings. The summed E-state index contributed by atoms with van der Waals surface area (Å²) in [5.41, 5.74) is 0.497. The van der Waals surface area contributed by atoms with E-state index in [0.29, 0.717) is 24.6 Å². The molecule has 1 aromatic heterocycles. The molecule has 0 radical (unpaired) electrons. The SMILES string of the molecule is CCCNCCOc1ccc(NS(=O)(=O)c2ccc([C@H](C)C(F)F)cc2)c(OC)n1. The smallest absolute Gasteiger partial charge is 0.262 e. The van der Waals surface area contributed by atoms with E-state index in [1.807, 2.05) is 0 Å². The molecule has 1 atom stereocenters. The van der Waals surface area contributed by atoms with Crippen molar-refractivity contribution in [3.63, 3.8) is 0 Å². The third-order valence-corrected chi connectivity index (χ3v) is 5.70. The summed E-state index contributed by atoms with van der Waals surface area (Å²) < 4.78 is 64.1. The highest BCUT2D eigenvalue weighted by molar-refractivity contribution is 7.92. The number of aromatic nitrogens is 1. The van der Waals surface area contributed by atoms with Crippen molar-refractivity contribution in [2.45, 2.75) is 37.5 Å². The van der Waals surface area contributed by atoms with E-state index in [2.05, 4.69) is 21.9 Å². The van der Waals surface area contributed by atoms with E-state index < -0.39 is 22.4 Å². The third kappa shape index (κ3) is 6.53. The molecule has 0 aliphatic carbocycles. The standard InChI is InChI=1S/C20H27F2N3O4S/c1-4-11-23-12-13-29-18-10-9-17(20(24-18)28-3)25-30(26,27)16-7-5-15(6-8-16)14(2)19(21)22/h5-10,14,19,23,25H,4,11-13H2,1-3H3/t14-/m0/s1. The second kappa shape index (κ2) is 11.1. The number of benzene rings is 1. The number of hydrogen-bond acceptors (Lipinski definition) is 6. The number of sulfonamides is 1. The molecule has 10 heteroatoms. The summed E-state index contributed by atoms with van der Waals surface area (Å²) in [6, 6.07) is 8.36. The van der Waals surface area contributed by atoms with Crippen molar-refractivity contribution >= 4 is 15.7 Å². The van der Waals surface area contributed by atoms with Gasteiger partial charge in [0.15, 0.2) is 0 Å². The Morgan fingerprint density at radius 3 is 2.40 bits per heavy atom. The molecule has 0 fully saturated rings. The van der Waals surface area contributed by atoms with Crippen LogP contribution in [0.3, 0.4) is 0 Å². The maximum atomic E-state index is 12.8. The molecule has 7 nitrogen and oxygen atoms in total. The maximum absolute atomic E-state index is 12.8. The van der Waals surface area contributed by atoms with Gasteiger partial charge in [-0.1, -0.05) is 26.0 Å². The fraction of sp³-hybridized carbons (Fsp3) is 0.450. The monoisotopic (exact) mass is 443 g/mol. The molecular formula is C20H27F2N3O4S. The van der Waals surface area contributed by atoms with Gasteiger partial charge in [-0.25, -0.2) is 17.2 Å². The predicted molar refractivity (Wildman–Crippen MR) is 111 cm³/mol. The summed E-state index contributed by atoms with van der Waals surface area (Å²) >= 11 is 0. The maximum Gasteiger partial charge on any atom is 0.262 e. The van der Waals surface area contributed by atoms with E-state index in [0.717, 1.165) is 13.0 Å². The molecule has 1 aromatic carbocycles. The highest BCUT2D eigenvalue weighted by atomic mass is 32.2. The van der Waals surface area contributed by atoms with E-state index in [4.69, 9.17) is 9.47 Å². The van der Waals surface area contributed by atoms with Gasteiger partial charge in [0, 0.05) is 18.5 Å². The molecule has 0 amide bonds. The first-order valence-electron chi connectivity index (χ1n) is 9.58. The van der Waals surface area contributed by atoms with E-state index in [-0.39, 0.29) is 16.5 Å². The molecule has 0 bridgehead atoms. The van der Waals surface area contributed by atoms with Crippen LogP contribution in [0.4, 0.5) is 14.5 Å². The van der Waals surface area contributed by atoms with Crippen LogP contribution < -0.4 is 19.5 Å². The van der Waals surface area contributed by atoms with Crippen LogP contribution in [0.25, 0.3) is 0 Å². The molecule has 0 saturated heterocycles. The largest absolute Gasteiger partial charge is 0.479 e. The Morgan fingerprint density at radius 2 is 1.80 bits per heavy atom. The number of nitrogens with one attached hydrogen (secondary N) is 2. The second-order valence-corrected chi connectivity index (χ2v) is 8.28. The van der Waals surface area contributed by atoms with E-state index in [9.17, 15) is 17.2 Å². The molecule has 1 heterocycles. The number of pyridine rings is 1. The Labute approximate surface area is 175 Å². The summed E-state index contributed by atoms with van der Waals surface area (Å²) in [5.74, 6) is -0.623. The summed E-state index contributed by atoms with van der Waals surface area (Å²) in [6.07, 6.45) is -1.50. The quantitative estimate of drug-likeness (QED) is 0.487. The molecule has 0 spiro atoms. The van der Waals surface area contributed by atoms with Gasteiger partial charge in [-0.15, -0.1) is 0 Å². The van der Waals surface area contributed by atoms with Crippen LogP contribution in [0.2, 0.25) is 0 Å². The van der Waals surface area contributed by atoms with Gasteiger partial charge >= 0.3 is 0 Å². The lowest BCUT2D eigenvalue weighted by atomic mass is 10.0. The molecule has 0 unspecified atom stereocenters. The number of rotatable bonds is 12. The average molecular weight is 444 g/mol. The van der Waals surface area contributed by atoms with Gasteiger partial charge in [0.05, 0.1) is 12.0 Å². The van der Waals surface area contributed by atoms with Crippen molar-refractivity contribution in [3.05, 3.63) is 42.0 Å². The van der Waals surface area contributed by atoms with Crippen molar-refractivity contribution in [1.29, 1.82) is 0 Å². The van der Waals surface area contributed by atoms with Gasteiger partial charge in [0.1, 0.15) is 12.3 Å². The molecular weight excluding hydrogens is 416 g/mol. The summed E-state index contributed by atoms with van der Waals surface area (Å²) in [7, 11) is -2.59. The number of methoxy groups -OCH3 is 1. The van der Waals surface area contributed by atoms with Crippen LogP contribution in [0.1, 0.15) is 31.7 Å². The number of nitrogens with zero attached hydrogens (tertiary/aromatic N) is 1. The lowest BCUT2D eigenvalue weighted by Gasteiger charge is -2.14. The Balaban J connectivity index is 2.10. The van der Waals surface area contributed by atoms with Gasteiger partial charge in [-0.3, -0.25) is 4.72 Å². The lowest BCUT2D eigenvalue weighted by Crippen LogP contribution is -2.21. The molecule has 0 aliphatic rings. The fourth-order valence-corrected chi connectivity index (χ4v) is 3.62. The number of alkyl halides is 2. The fourth-order valence-electron chi connectivity index (χ4n) is 2.57. The van der Waals surface area contributed by atoms with Crippen LogP contribution in [-0.2, 0) is 10.0 Å². The molecule has 0 aliphatic heterocycles. The van der Waals surface area contributed by atoms with Gasteiger partial charge < -0.3 is 14.8 Å². The molecule has 2 N–H and O–H groups in total.